The molecule has 3 aromatic heterocycles. The molecule has 0 aliphatic rings. The molecule has 0 amide bonds. The molecule has 5 nitrogen and oxygen atoms in total. The zero-order chi connectivity index (χ0) is 17.9. The Morgan fingerprint density at radius 3 is 2.77 bits per heavy atom. The number of ketones is 1. The number of nitrogens with zero attached hydrogens (tertiary/aromatic N) is 2. The largest absolute Gasteiger partial charge is 0.364 e. The number of carbonyl (C=O) groups is 1. The number of anilines is 1. The van der Waals surface area contributed by atoms with Crippen molar-refractivity contribution in [3.05, 3.63) is 89.0 Å². The molecular weight excluding hydrogens is 348 g/mol. The SMILES string of the molecule is O=C(c1cccnc1NCc1ccccn1)c1c[nH]c2cc(Cl)ccc12. The third kappa shape index (κ3) is 3.17. The van der Waals surface area contributed by atoms with E-state index >= 15 is 0 Å². The smallest absolute Gasteiger partial charge is 0.198 e. The van der Waals surface area contributed by atoms with Gasteiger partial charge in [0.15, 0.2) is 5.78 Å². The number of fused-ring (bicyclic) bond motifs is 1. The highest BCUT2D eigenvalue weighted by Crippen LogP contribution is 2.26. The van der Waals surface area contributed by atoms with Gasteiger partial charge in [0.2, 0.25) is 0 Å². The van der Waals surface area contributed by atoms with Crippen molar-refractivity contribution in [2.75, 3.05) is 5.32 Å². The first-order chi connectivity index (χ1) is 12.7. The van der Waals surface area contributed by atoms with E-state index in [1.54, 1.807) is 42.9 Å². The number of hydrogen-bond donors (Lipinski definition) is 2. The minimum absolute atomic E-state index is 0.102. The number of aromatic amines is 1. The van der Waals surface area contributed by atoms with Crippen molar-refractivity contribution in [2.45, 2.75) is 6.54 Å². The average Bonchev–Trinajstić information content (AvgIpc) is 3.10. The van der Waals surface area contributed by atoms with Gasteiger partial charge in [0.1, 0.15) is 5.82 Å². The number of pyridine rings is 2. The monoisotopic (exact) mass is 362 g/mol. The van der Waals surface area contributed by atoms with E-state index in [0.717, 1.165) is 16.6 Å². The lowest BCUT2D eigenvalue weighted by Crippen LogP contribution is -2.10. The van der Waals surface area contributed by atoms with Gasteiger partial charge >= 0.3 is 0 Å². The van der Waals surface area contributed by atoms with Crippen LogP contribution in [0, 0.1) is 0 Å². The Morgan fingerprint density at radius 2 is 1.92 bits per heavy atom. The molecule has 0 fully saturated rings. The fourth-order valence-corrected chi connectivity index (χ4v) is 3.01. The summed E-state index contributed by atoms with van der Waals surface area (Å²) in [5, 5.41) is 4.66. The molecular formula is C20H15ClN4O. The summed E-state index contributed by atoms with van der Waals surface area (Å²) in [6.07, 6.45) is 5.10. The minimum atomic E-state index is -0.102. The van der Waals surface area contributed by atoms with Crippen LogP contribution in [-0.2, 0) is 6.54 Å². The zero-order valence-corrected chi connectivity index (χ0v) is 14.5. The highest BCUT2D eigenvalue weighted by molar-refractivity contribution is 6.31. The molecule has 4 aromatic rings. The van der Waals surface area contributed by atoms with Crippen molar-refractivity contribution in [1.29, 1.82) is 0 Å². The van der Waals surface area contributed by atoms with E-state index < -0.39 is 0 Å². The predicted molar refractivity (Wildman–Crippen MR) is 103 cm³/mol. The molecule has 0 aliphatic carbocycles. The molecule has 0 saturated carbocycles. The van der Waals surface area contributed by atoms with Gasteiger partial charge in [-0.25, -0.2) is 4.98 Å². The van der Waals surface area contributed by atoms with Crippen LogP contribution in [-0.4, -0.2) is 20.7 Å². The second-order valence-corrected chi connectivity index (χ2v) is 6.23. The van der Waals surface area contributed by atoms with Gasteiger partial charge in [-0.3, -0.25) is 9.78 Å². The Hall–Kier alpha value is -3.18. The number of carbonyl (C=O) groups excluding carboxylic acids is 1. The van der Waals surface area contributed by atoms with Gasteiger partial charge in [-0.2, -0.15) is 0 Å². The second-order valence-electron chi connectivity index (χ2n) is 5.80. The van der Waals surface area contributed by atoms with E-state index in [9.17, 15) is 4.79 Å². The van der Waals surface area contributed by atoms with Crippen molar-refractivity contribution in [3.63, 3.8) is 0 Å². The first-order valence-corrected chi connectivity index (χ1v) is 8.50. The molecule has 4 rings (SSSR count). The highest BCUT2D eigenvalue weighted by Gasteiger charge is 2.18. The quantitative estimate of drug-likeness (QED) is 0.514. The lowest BCUT2D eigenvalue weighted by Gasteiger charge is -2.09. The molecule has 0 aliphatic heterocycles. The predicted octanol–water partition coefficient (Wildman–Crippen LogP) is 4.45. The molecule has 2 N–H and O–H groups in total. The number of rotatable bonds is 5. The maximum Gasteiger partial charge on any atom is 0.198 e. The van der Waals surface area contributed by atoms with Gasteiger partial charge in [0.05, 0.1) is 17.8 Å². The van der Waals surface area contributed by atoms with Crippen molar-refractivity contribution in [2.24, 2.45) is 0 Å². The van der Waals surface area contributed by atoms with Crippen LogP contribution in [0.2, 0.25) is 5.02 Å². The molecule has 6 heteroatoms. The van der Waals surface area contributed by atoms with Crippen molar-refractivity contribution in [3.8, 4) is 0 Å². The molecule has 0 spiro atoms. The van der Waals surface area contributed by atoms with Crippen LogP contribution in [0.5, 0.6) is 0 Å². The van der Waals surface area contributed by atoms with E-state index in [1.165, 1.54) is 0 Å². The number of halogens is 1. The number of H-pyrrole nitrogens is 1. The van der Waals surface area contributed by atoms with Gasteiger partial charge in [-0.15, -0.1) is 0 Å². The minimum Gasteiger partial charge on any atom is -0.364 e. The fourth-order valence-electron chi connectivity index (χ4n) is 2.84. The Labute approximate surface area is 155 Å². The summed E-state index contributed by atoms with van der Waals surface area (Å²) >= 11 is 6.02. The van der Waals surface area contributed by atoms with Crippen LogP contribution in [0.3, 0.4) is 0 Å². The summed E-state index contributed by atoms with van der Waals surface area (Å²) < 4.78 is 0. The number of nitrogens with one attached hydrogen (secondary N) is 2. The molecule has 0 unspecified atom stereocenters. The molecule has 26 heavy (non-hydrogen) atoms. The summed E-state index contributed by atoms with van der Waals surface area (Å²) in [6, 6.07) is 14.7. The molecule has 0 bridgehead atoms. The summed E-state index contributed by atoms with van der Waals surface area (Å²) in [4.78, 5) is 24.8. The summed E-state index contributed by atoms with van der Waals surface area (Å²) in [7, 11) is 0. The van der Waals surface area contributed by atoms with Crippen LogP contribution >= 0.6 is 11.6 Å². The number of aromatic nitrogens is 3. The van der Waals surface area contributed by atoms with Gasteiger partial charge in [-0.1, -0.05) is 23.7 Å². The number of hydrogen-bond acceptors (Lipinski definition) is 4. The van der Waals surface area contributed by atoms with E-state index in [4.69, 9.17) is 11.6 Å². The molecule has 0 radical (unpaired) electrons. The van der Waals surface area contributed by atoms with Crippen molar-refractivity contribution in [1.82, 2.24) is 15.0 Å². The van der Waals surface area contributed by atoms with Crippen LogP contribution in [0.4, 0.5) is 5.82 Å². The average molecular weight is 363 g/mol. The summed E-state index contributed by atoms with van der Waals surface area (Å²) in [5.74, 6) is 0.432. The van der Waals surface area contributed by atoms with E-state index in [0.29, 0.717) is 28.5 Å². The molecule has 1 aromatic carbocycles. The van der Waals surface area contributed by atoms with Crippen LogP contribution in [0.25, 0.3) is 10.9 Å². The third-order valence-corrected chi connectivity index (χ3v) is 4.34. The van der Waals surface area contributed by atoms with Crippen molar-refractivity contribution >= 4 is 34.1 Å². The van der Waals surface area contributed by atoms with E-state index in [2.05, 4.69) is 20.3 Å². The van der Waals surface area contributed by atoms with Crippen LogP contribution in [0.1, 0.15) is 21.6 Å². The lowest BCUT2D eigenvalue weighted by atomic mass is 10.0. The van der Waals surface area contributed by atoms with Gasteiger partial charge in [0.25, 0.3) is 0 Å². The van der Waals surface area contributed by atoms with Crippen LogP contribution < -0.4 is 5.32 Å². The second kappa shape index (κ2) is 6.98. The van der Waals surface area contributed by atoms with Crippen molar-refractivity contribution < 1.29 is 4.79 Å². The number of benzene rings is 1. The Morgan fingerprint density at radius 1 is 1.04 bits per heavy atom. The van der Waals surface area contributed by atoms with Gasteiger partial charge in [-0.05, 0) is 36.4 Å². The van der Waals surface area contributed by atoms with E-state index in [-0.39, 0.29) is 5.78 Å². The first kappa shape index (κ1) is 16.3. The standard InChI is InChI=1S/C20H15ClN4O/c21-13-6-7-15-17(12-24-18(15)10-13)19(26)16-5-3-9-23-20(16)25-11-14-4-1-2-8-22-14/h1-10,12,24H,11H2,(H,23,25). The highest BCUT2D eigenvalue weighted by atomic mass is 35.5. The van der Waals surface area contributed by atoms with Gasteiger partial charge in [0, 0.05) is 40.1 Å². The maximum absolute atomic E-state index is 13.1. The Bertz CT molecular complexity index is 1080. The maximum atomic E-state index is 13.1. The summed E-state index contributed by atoms with van der Waals surface area (Å²) in [5.41, 5.74) is 2.80. The fraction of sp³-hybridized carbons (Fsp3) is 0.0500. The van der Waals surface area contributed by atoms with Gasteiger partial charge < -0.3 is 10.3 Å². The third-order valence-electron chi connectivity index (χ3n) is 4.10. The lowest BCUT2D eigenvalue weighted by molar-refractivity contribution is 0.104. The molecule has 0 atom stereocenters. The molecule has 0 saturated heterocycles. The molecule has 128 valence electrons. The first-order valence-electron chi connectivity index (χ1n) is 8.12. The molecule has 3 heterocycles. The van der Waals surface area contributed by atoms with E-state index in [1.807, 2.05) is 24.3 Å². The zero-order valence-electron chi connectivity index (χ0n) is 13.7. The Kier molecular flexibility index (Phi) is 4.37. The van der Waals surface area contributed by atoms with Crippen LogP contribution in [0.15, 0.2) is 67.1 Å². The topological polar surface area (TPSA) is 70.7 Å². The summed E-state index contributed by atoms with van der Waals surface area (Å²) in [6.45, 7) is 0.488. The Balaban J connectivity index is 1.65. The normalized spacial score (nSPS) is 10.8.